The highest BCUT2D eigenvalue weighted by Gasteiger charge is 2.14. The van der Waals surface area contributed by atoms with Crippen molar-refractivity contribution < 1.29 is 14.3 Å². The molecule has 20 heavy (non-hydrogen) atoms. The number of H-pyrrole nitrogens is 1. The lowest BCUT2D eigenvalue weighted by Crippen LogP contribution is -2.10. The zero-order valence-electron chi connectivity index (χ0n) is 10.8. The summed E-state index contributed by atoms with van der Waals surface area (Å²) >= 11 is 0. The van der Waals surface area contributed by atoms with Crippen LogP contribution in [0.5, 0.6) is 11.5 Å². The van der Waals surface area contributed by atoms with Gasteiger partial charge in [0.25, 0.3) is 0 Å². The number of imidazole rings is 1. The standard InChI is InChI=1S/C15H12N2O3/c1-19-10-5-4-6-11(9-10)20-15(18)14-16-12-7-2-3-8-13(12)17-14/h2-9H,1H3,(H,16,17). The van der Waals surface area contributed by atoms with Crippen molar-refractivity contribution >= 4 is 17.0 Å². The molecule has 0 amide bonds. The number of nitrogens with one attached hydrogen (secondary N) is 1. The van der Waals surface area contributed by atoms with Crippen LogP contribution in [0, 0.1) is 0 Å². The van der Waals surface area contributed by atoms with E-state index >= 15 is 0 Å². The lowest BCUT2D eigenvalue weighted by atomic mass is 10.3. The summed E-state index contributed by atoms with van der Waals surface area (Å²) in [5, 5.41) is 0. The topological polar surface area (TPSA) is 64.2 Å². The molecule has 0 aliphatic rings. The Morgan fingerprint density at radius 2 is 1.90 bits per heavy atom. The van der Waals surface area contributed by atoms with Crippen molar-refractivity contribution in [1.82, 2.24) is 9.97 Å². The van der Waals surface area contributed by atoms with E-state index in [0.29, 0.717) is 11.5 Å². The Morgan fingerprint density at radius 3 is 2.70 bits per heavy atom. The first-order valence-corrected chi connectivity index (χ1v) is 6.07. The number of ether oxygens (including phenoxy) is 2. The van der Waals surface area contributed by atoms with Crippen LogP contribution < -0.4 is 9.47 Å². The normalized spacial score (nSPS) is 10.4. The molecule has 1 aromatic heterocycles. The van der Waals surface area contributed by atoms with Gasteiger partial charge in [0.1, 0.15) is 11.5 Å². The summed E-state index contributed by atoms with van der Waals surface area (Å²) in [7, 11) is 1.56. The highest BCUT2D eigenvalue weighted by atomic mass is 16.5. The van der Waals surface area contributed by atoms with Crippen LogP contribution in [0.15, 0.2) is 48.5 Å². The van der Waals surface area contributed by atoms with E-state index < -0.39 is 5.97 Å². The Labute approximate surface area is 115 Å². The molecule has 1 heterocycles. The summed E-state index contributed by atoms with van der Waals surface area (Å²) in [4.78, 5) is 19.1. The van der Waals surface area contributed by atoms with Gasteiger partial charge < -0.3 is 14.5 Å². The second-order valence-electron chi connectivity index (χ2n) is 4.17. The number of esters is 1. The first-order chi connectivity index (χ1) is 9.76. The van der Waals surface area contributed by atoms with Gasteiger partial charge >= 0.3 is 5.97 Å². The lowest BCUT2D eigenvalue weighted by Gasteiger charge is -2.04. The number of aromatic amines is 1. The van der Waals surface area contributed by atoms with E-state index in [4.69, 9.17) is 9.47 Å². The van der Waals surface area contributed by atoms with E-state index in [0.717, 1.165) is 11.0 Å². The molecule has 0 spiro atoms. The van der Waals surface area contributed by atoms with Gasteiger partial charge in [-0.05, 0) is 24.3 Å². The van der Waals surface area contributed by atoms with Crippen molar-refractivity contribution in [3.8, 4) is 11.5 Å². The molecule has 0 aliphatic heterocycles. The van der Waals surface area contributed by atoms with Crippen LogP contribution in [0.25, 0.3) is 11.0 Å². The second kappa shape index (κ2) is 5.05. The average Bonchev–Trinajstić information content (AvgIpc) is 2.91. The lowest BCUT2D eigenvalue weighted by molar-refractivity contribution is 0.0723. The predicted octanol–water partition coefficient (Wildman–Crippen LogP) is 2.79. The van der Waals surface area contributed by atoms with E-state index in [9.17, 15) is 4.79 Å². The zero-order chi connectivity index (χ0) is 13.9. The van der Waals surface area contributed by atoms with Crippen molar-refractivity contribution in [2.45, 2.75) is 0 Å². The average molecular weight is 268 g/mol. The molecule has 2 aromatic carbocycles. The van der Waals surface area contributed by atoms with Crippen molar-refractivity contribution in [3.63, 3.8) is 0 Å². The number of rotatable bonds is 3. The summed E-state index contributed by atoms with van der Waals surface area (Å²) < 4.78 is 10.3. The largest absolute Gasteiger partial charge is 0.497 e. The number of methoxy groups -OCH3 is 1. The molecule has 0 unspecified atom stereocenters. The second-order valence-corrected chi connectivity index (χ2v) is 4.17. The molecule has 0 saturated carbocycles. The molecule has 5 nitrogen and oxygen atoms in total. The van der Waals surface area contributed by atoms with Crippen molar-refractivity contribution in [1.29, 1.82) is 0 Å². The summed E-state index contributed by atoms with van der Waals surface area (Å²) in [5.41, 5.74) is 1.52. The molecule has 0 saturated heterocycles. The Balaban J connectivity index is 1.85. The van der Waals surface area contributed by atoms with Gasteiger partial charge in [0, 0.05) is 6.07 Å². The minimum absolute atomic E-state index is 0.175. The van der Waals surface area contributed by atoms with E-state index in [2.05, 4.69) is 9.97 Å². The molecule has 3 rings (SSSR count). The molecule has 100 valence electrons. The molecular formula is C15H12N2O3. The van der Waals surface area contributed by atoms with Gasteiger partial charge in [-0.15, -0.1) is 0 Å². The van der Waals surface area contributed by atoms with Gasteiger partial charge in [-0.1, -0.05) is 18.2 Å². The van der Waals surface area contributed by atoms with E-state index in [1.54, 1.807) is 31.4 Å². The summed E-state index contributed by atoms with van der Waals surface area (Å²) in [5.74, 6) is 0.679. The third-order valence-corrected chi connectivity index (χ3v) is 2.83. The van der Waals surface area contributed by atoms with Crippen LogP contribution in [-0.2, 0) is 0 Å². The third-order valence-electron chi connectivity index (χ3n) is 2.83. The maximum Gasteiger partial charge on any atom is 0.379 e. The van der Waals surface area contributed by atoms with E-state index in [1.165, 1.54) is 0 Å². The van der Waals surface area contributed by atoms with Gasteiger partial charge in [-0.2, -0.15) is 0 Å². The van der Waals surface area contributed by atoms with E-state index in [1.807, 2.05) is 24.3 Å². The molecule has 0 atom stereocenters. The smallest absolute Gasteiger partial charge is 0.379 e. The maximum atomic E-state index is 12.0. The van der Waals surface area contributed by atoms with Gasteiger partial charge in [-0.3, -0.25) is 0 Å². The van der Waals surface area contributed by atoms with Crippen molar-refractivity contribution in [3.05, 3.63) is 54.4 Å². The SMILES string of the molecule is COc1cccc(OC(=O)c2nc3ccccc3[nH]2)c1. The van der Waals surface area contributed by atoms with Gasteiger partial charge in [-0.25, -0.2) is 9.78 Å². The number of benzene rings is 2. The van der Waals surface area contributed by atoms with Crippen LogP contribution >= 0.6 is 0 Å². The minimum atomic E-state index is -0.533. The summed E-state index contributed by atoms with van der Waals surface area (Å²) in [6.45, 7) is 0. The molecule has 3 aromatic rings. The molecule has 5 heteroatoms. The highest BCUT2D eigenvalue weighted by Crippen LogP contribution is 2.20. The Morgan fingerprint density at radius 1 is 1.10 bits per heavy atom. The maximum absolute atomic E-state index is 12.0. The van der Waals surface area contributed by atoms with Crippen LogP contribution in [0.2, 0.25) is 0 Å². The number of hydrogen-bond acceptors (Lipinski definition) is 4. The number of para-hydroxylation sites is 2. The van der Waals surface area contributed by atoms with Gasteiger partial charge in [0.05, 0.1) is 18.1 Å². The molecule has 0 bridgehead atoms. The Kier molecular flexibility index (Phi) is 3.09. The number of carbonyl (C=O) groups excluding carboxylic acids is 1. The molecule has 0 radical (unpaired) electrons. The fraction of sp³-hybridized carbons (Fsp3) is 0.0667. The number of carbonyl (C=O) groups is 1. The molecule has 0 aliphatic carbocycles. The first-order valence-electron chi connectivity index (χ1n) is 6.07. The zero-order valence-corrected chi connectivity index (χ0v) is 10.8. The molecular weight excluding hydrogens is 256 g/mol. The number of nitrogens with zero attached hydrogens (tertiary/aromatic N) is 1. The highest BCUT2D eigenvalue weighted by molar-refractivity contribution is 5.91. The van der Waals surface area contributed by atoms with Crippen LogP contribution in [0.3, 0.4) is 0 Å². The van der Waals surface area contributed by atoms with Gasteiger partial charge in [0.15, 0.2) is 0 Å². The van der Waals surface area contributed by atoms with Crippen molar-refractivity contribution in [2.75, 3.05) is 7.11 Å². The number of hydrogen-bond donors (Lipinski definition) is 1. The Bertz CT molecular complexity index is 731. The third kappa shape index (κ3) is 2.33. The molecule has 1 N–H and O–H groups in total. The van der Waals surface area contributed by atoms with Gasteiger partial charge in [0.2, 0.25) is 5.82 Å². The quantitative estimate of drug-likeness (QED) is 0.586. The van der Waals surface area contributed by atoms with Crippen LogP contribution in [-0.4, -0.2) is 23.0 Å². The fourth-order valence-electron chi connectivity index (χ4n) is 1.87. The number of aromatic nitrogens is 2. The summed E-state index contributed by atoms with van der Waals surface area (Å²) in [6.07, 6.45) is 0. The minimum Gasteiger partial charge on any atom is -0.497 e. The van der Waals surface area contributed by atoms with Crippen LogP contribution in [0.4, 0.5) is 0 Å². The first kappa shape index (κ1) is 12.2. The van der Waals surface area contributed by atoms with Crippen LogP contribution in [0.1, 0.15) is 10.6 Å². The van der Waals surface area contributed by atoms with Crippen molar-refractivity contribution in [2.24, 2.45) is 0 Å². The monoisotopic (exact) mass is 268 g/mol. The number of fused-ring (bicyclic) bond motifs is 1. The fourth-order valence-corrected chi connectivity index (χ4v) is 1.87. The predicted molar refractivity (Wildman–Crippen MR) is 74.0 cm³/mol. The Hall–Kier alpha value is -2.82. The summed E-state index contributed by atoms with van der Waals surface area (Å²) in [6, 6.07) is 14.3. The molecule has 0 fully saturated rings. The van der Waals surface area contributed by atoms with E-state index in [-0.39, 0.29) is 5.82 Å².